The summed E-state index contributed by atoms with van der Waals surface area (Å²) >= 11 is 1.61. The van der Waals surface area contributed by atoms with E-state index in [0.717, 1.165) is 24.3 Å². The molecule has 1 aliphatic carbocycles. The van der Waals surface area contributed by atoms with E-state index >= 15 is 0 Å². The molecule has 1 N–H and O–H groups in total. The Labute approximate surface area is 116 Å². The number of hydrogen-bond acceptors (Lipinski definition) is 4. The molecule has 102 valence electrons. The summed E-state index contributed by atoms with van der Waals surface area (Å²) in [5, 5.41) is 5.85. The minimum atomic E-state index is -0.286. The molecule has 2 amide bonds. The number of hydrogen-bond donors (Lipinski definition) is 1. The van der Waals surface area contributed by atoms with Crippen LogP contribution in [0.3, 0.4) is 0 Å². The first kappa shape index (κ1) is 12.6. The van der Waals surface area contributed by atoms with Crippen molar-refractivity contribution in [1.82, 2.24) is 15.2 Å². The molecule has 1 aromatic heterocycles. The molecule has 0 aromatic carbocycles. The maximum absolute atomic E-state index is 12.4. The number of nitrogens with zero attached hydrogens (tertiary/aromatic N) is 2. The highest BCUT2D eigenvalue weighted by Crippen LogP contribution is 2.34. The fourth-order valence-corrected chi connectivity index (χ4v) is 3.04. The third-order valence-corrected chi connectivity index (χ3v) is 4.51. The molecule has 1 aliphatic heterocycles. The van der Waals surface area contributed by atoms with Crippen molar-refractivity contribution in [2.24, 2.45) is 5.92 Å². The summed E-state index contributed by atoms with van der Waals surface area (Å²) in [7, 11) is 0. The van der Waals surface area contributed by atoms with Crippen LogP contribution in [0.5, 0.6) is 0 Å². The van der Waals surface area contributed by atoms with Crippen LogP contribution in [0, 0.1) is 5.92 Å². The normalized spacial score (nSPS) is 24.2. The van der Waals surface area contributed by atoms with Gasteiger partial charge in [0.05, 0.1) is 5.01 Å². The average Bonchev–Trinajstić information content (AvgIpc) is 3.13. The van der Waals surface area contributed by atoms with Crippen LogP contribution in [0.4, 0.5) is 0 Å². The smallest absolute Gasteiger partial charge is 0.245 e. The summed E-state index contributed by atoms with van der Waals surface area (Å²) in [5.74, 6) is 0.448. The number of carbonyl (C=O) groups excluding carboxylic acids is 2. The lowest BCUT2D eigenvalue weighted by Crippen LogP contribution is -2.46. The monoisotopic (exact) mass is 279 g/mol. The average molecular weight is 279 g/mol. The molecule has 0 spiro atoms. The molecule has 3 rings (SSSR count). The lowest BCUT2D eigenvalue weighted by molar-refractivity contribution is -0.134. The minimum Gasteiger partial charge on any atom is -0.344 e. The second-order valence-corrected chi connectivity index (χ2v) is 6.11. The van der Waals surface area contributed by atoms with Crippen LogP contribution >= 0.6 is 11.3 Å². The van der Waals surface area contributed by atoms with Gasteiger partial charge in [0.15, 0.2) is 0 Å². The van der Waals surface area contributed by atoms with E-state index in [1.54, 1.807) is 17.5 Å². The summed E-state index contributed by atoms with van der Waals surface area (Å²) in [6.45, 7) is 1.18. The summed E-state index contributed by atoms with van der Waals surface area (Å²) < 4.78 is 0. The molecular formula is C13H17N3O2S. The van der Waals surface area contributed by atoms with Crippen molar-refractivity contribution >= 4 is 23.2 Å². The van der Waals surface area contributed by atoms with Crippen molar-refractivity contribution in [3.8, 4) is 0 Å². The predicted molar refractivity (Wildman–Crippen MR) is 71.7 cm³/mol. The van der Waals surface area contributed by atoms with Gasteiger partial charge < -0.3 is 10.2 Å². The van der Waals surface area contributed by atoms with E-state index in [0.29, 0.717) is 25.4 Å². The van der Waals surface area contributed by atoms with Crippen LogP contribution < -0.4 is 5.32 Å². The maximum atomic E-state index is 12.4. The molecule has 1 unspecified atom stereocenters. The third-order valence-electron chi connectivity index (χ3n) is 3.68. The highest BCUT2D eigenvalue weighted by atomic mass is 32.1. The number of nitrogens with one attached hydrogen (secondary N) is 1. The van der Waals surface area contributed by atoms with Gasteiger partial charge in [0, 0.05) is 37.5 Å². The zero-order valence-electron chi connectivity index (χ0n) is 10.7. The first-order valence-corrected chi connectivity index (χ1v) is 7.58. The maximum Gasteiger partial charge on any atom is 0.245 e. The number of rotatable bonds is 4. The van der Waals surface area contributed by atoms with Crippen molar-refractivity contribution in [2.75, 3.05) is 13.1 Å². The Morgan fingerprint density at radius 2 is 2.26 bits per heavy atom. The van der Waals surface area contributed by atoms with Gasteiger partial charge in [-0.2, -0.15) is 0 Å². The van der Waals surface area contributed by atoms with Crippen LogP contribution in [0.2, 0.25) is 0 Å². The van der Waals surface area contributed by atoms with E-state index in [2.05, 4.69) is 10.3 Å². The fourth-order valence-electron chi connectivity index (χ4n) is 2.43. The first-order valence-electron chi connectivity index (χ1n) is 6.70. The van der Waals surface area contributed by atoms with Crippen molar-refractivity contribution in [2.45, 2.75) is 31.7 Å². The lowest BCUT2D eigenvalue weighted by atomic mass is 10.1. The lowest BCUT2D eigenvalue weighted by Gasteiger charge is -2.23. The second-order valence-electron chi connectivity index (χ2n) is 5.13. The molecule has 0 radical (unpaired) electrons. The summed E-state index contributed by atoms with van der Waals surface area (Å²) in [6.07, 6.45) is 5.07. The van der Waals surface area contributed by atoms with Crippen LogP contribution in [0.15, 0.2) is 11.6 Å². The zero-order chi connectivity index (χ0) is 13.2. The summed E-state index contributed by atoms with van der Waals surface area (Å²) in [5.41, 5.74) is 0. The molecule has 2 fully saturated rings. The Morgan fingerprint density at radius 3 is 2.95 bits per heavy atom. The van der Waals surface area contributed by atoms with Crippen LogP contribution in [0.1, 0.15) is 24.3 Å². The number of thiazole rings is 1. The Balaban J connectivity index is 1.65. The van der Waals surface area contributed by atoms with Crippen LogP contribution in [-0.2, 0) is 16.0 Å². The largest absolute Gasteiger partial charge is 0.344 e. The SMILES string of the molecule is O=C1CCN(CCc2nccs2)C(=O)C(C2CC2)N1. The second kappa shape index (κ2) is 5.28. The highest BCUT2D eigenvalue weighted by Gasteiger charge is 2.40. The van der Waals surface area contributed by atoms with Gasteiger partial charge >= 0.3 is 0 Å². The predicted octanol–water partition coefficient (Wildman–Crippen LogP) is 0.813. The topological polar surface area (TPSA) is 62.3 Å². The Morgan fingerprint density at radius 1 is 1.42 bits per heavy atom. The molecule has 0 bridgehead atoms. The van der Waals surface area contributed by atoms with E-state index in [1.807, 2.05) is 10.3 Å². The molecule has 1 saturated carbocycles. The van der Waals surface area contributed by atoms with Gasteiger partial charge in [0.2, 0.25) is 11.8 Å². The standard InChI is InChI=1S/C13H17N3O2S/c17-10-3-6-16(7-4-11-14-5-8-19-11)13(18)12(15-10)9-1-2-9/h5,8-9,12H,1-4,6-7H2,(H,15,17). The number of amides is 2. The number of carbonyl (C=O) groups is 2. The third kappa shape index (κ3) is 2.94. The molecule has 1 atom stereocenters. The van der Waals surface area contributed by atoms with E-state index in [1.165, 1.54) is 0 Å². The van der Waals surface area contributed by atoms with Gasteiger partial charge in [-0.15, -0.1) is 11.3 Å². The van der Waals surface area contributed by atoms with E-state index in [9.17, 15) is 9.59 Å². The van der Waals surface area contributed by atoms with Crippen molar-refractivity contribution in [3.05, 3.63) is 16.6 Å². The molecule has 1 aromatic rings. The summed E-state index contributed by atoms with van der Waals surface area (Å²) in [4.78, 5) is 30.1. The number of aromatic nitrogens is 1. The molecule has 1 saturated heterocycles. The molecule has 19 heavy (non-hydrogen) atoms. The molecule has 2 aliphatic rings. The molecular weight excluding hydrogens is 262 g/mol. The summed E-state index contributed by atoms with van der Waals surface area (Å²) in [6, 6.07) is -0.286. The van der Waals surface area contributed by atoms with E-state index < -0.39 is 0 Å². The van der Waals surface area contributed by atoms with Crippen LogP contribution in [0.25, 0.3) is 0 Å². The fraction of sp³-hybridized carbons (Fsp3) is 0.615. The van der Waals surface area contributed by atoms with Gasteiger partial charge in [0.25, 0.3) is 0 Å². The van der Waals surface area contributed by atoms with Gasteiger partial charge in [-0.25, -0.2) is 4.98 Å². The van der Waals surface area contributed by atoms with Gasteiger partial charge in [-0.1, -0.05) is 0 Å². The first-order chi connectivity index (χ1) is 9.24. The van der Waals surface area contributed by atoms with Crippen molar-refractivity contribution in [1.29, 1.82) is 0 Å². The van der Waals surface area contributed by atoms with Crippen LogP contribution in [-0.4, -0.2) is 40.8 Å². The van der Waals surface area contributed by atoms with Gasteiger partial charge in [-0.3, -0.25) is 9.59 Å². The highest BCUT2D eigenvalue weighted by molar-refractivity contribution is 7.09. The minimum absolute atomic E-state index is 0.00185. The zero-order valence-corrected chi connectivity index (χ0v) is 11.5. The van der Waals surface area contributed by atoms with Crippen molar-refractivity contribution in [3.63, 3.8) is 0 Å². The molecule has 6 heteroatoms. The van der Waals surface area contributed by atoms with E-state index in [-0.39, 0.29) is 17.9 Å². The Kier molecular flexibility index (Phi) is 3.50. The quantitative estimate of drug-likeness (QED) is 0.887. The Bertz CT molecular complexity index is 470. The van der Waals surface area contributed by atoms with Gasteiger partial charge in [-0.05, 0) is 18.8 Å². The Hall–Kier alpha value is -1.43. The van der Waals surface area contributed by atoms with Crippen molar-refractivity contribution < 1.29 is 9.59 Å². The van der Waals surface area contributed by atoms with E-state index in [4.69, 9.17) is 0 Å². The molecule has 5 nitrogen and oxygen atoms in total. The molecule has 2 heterocycles. The van der Waals surface area contributed by atoms with Gasteiger partial charge in [0.1, 0.15) is 6.04 Å².